The van der Waals surface area contributed by atoms with Crippen LogP contribution in [0.1, 0.15) is 0 Å². The number of hydrogen-bond donors (Lipinski definition) is 0. The predicted molar refractivity (Wildman–Crippen MR) is 13.6 cm³/mol. The van der Waals surface area contributed by atoms with Gasteiger partial charge in [0.1, 0.15) is 0 Å². The van der Waals surface area contributed by atoms with Gasteiger partial charge >= 0.3 is 0 Å². The van der Waals surface area contributed by atoms with E-state index in [4.69, 9.17) is 0 Å². The SMILES string of the molecule is [Mn].[OH-].[OH-].[OH-].[OH-].[OH-].[OH-].[OH-]. The molecule has 8 heteroatoms. The standard InChI is InChI=1S/Mn.7H2O/h;7*1H2/p-7. The van der Waals surface area contributed by atoms with Crippen molar-refractivity contribution in [1.29, 1.82) is 0 Å². The van der Waals surface area contributed by atoms with Gasteiger partial charge in [0.2, 0.25) is 0 Å². The first-order valence-electron chi connectivity index (χ1n) is 0. The molecule has 0 saturated heterocycles. The van der Waals surface area contributed by atoms with Gasteiger partial charge in [-0.1, -0.05) is 0 Å². The number of rotatable bonds is 0. The third-order valence-electron chi connectivity index (χ3n) is 0. The molecule has 0 bridgehead atoms. The van der Waals surface area contributed by atoms with Crippen molar-refractivity contribution in [3.8, 4) is 0 Å². The van der Waals surface area contributed by atoms with Crippen molar-refractivity contribution in [2.45, 2.75) is 0 Å². The molecule has 7 N–H and O–H groups in total. The predicted octanol–water partition coefficient (Wildman–Crippen LogP) is -1.24. The van der Waals surface area contributed by atoms with E-state index in [2.05, 4.69) is 0 Å². The Hall–Kier alpha value is 0.239. The molecule has 8 heavy (non-hydrogen) atoms. The van der Waals surface area contributed by atoms with Crippen LogP contribution in [0, 0.1) is 0 Å². The summed E-state index contributed by atoms with van der Waals surface area (Å²) < 4.78 is 0. The minimum absolute atomic E-state index is 0. The van der Waals surface area contributed by atoms with Gasteiger partial charge in [0, 0.05) is 17.1 Å². The molecule has 0 fully saturated rings. The molecule has 0 heterocycles. The fourth-order valence-corrected chi connectivity index (χ4v) is 0. The van der Waals surface area contributed by atoms with Crippen LogP contribution in [0.25, 0.3) is 0 Å². The summed E-state index contributed by atoms with van der Waals surface area (Å²) >= 11 is 0. The second-order valence-corrected chi connectivity index (χ2v) is 0. The molecule has 0 spiro atoms. The summed E-state index contributed by atoms with van der Waals surface area (Å²) in [6, 6.07) is 0. The molecule has 0 aliphatic heterocycles. The molecule has 0 aliphatic carbocycles. The average molecular weight is 174 g/mol. The topological polar surface area (TPSA) is 210 Å². The van der Waals surface area contributed by atoms with Crippen molar-refractivity contribution in [3.63, 3.8) is 0 Å². The van der Waals surface area contributed by atoms with Crippen molar-refractivity contribution in [2.24, 2.45) is 0 Å². The van der Waals surface area contributed by atoms with E-state index >= 15 is 0 Å². The van der Waals surface area contributed by atoms with Gasteiger partial charge < -0.3 is 38.3 Å². The van der Waals surface area contributed by atoms with E-state index in [0.717, 1.165) is 0 Å². The van der Waals surface area contributed by atoms with Crippen LogP contribution in [0.2, 0.25) is 0 Å². The summed E-state index contributed by atoms with van der Waals surface area (Å²) in [5, 5.41) is 0. The summed E-state index contributed by atoms with van der Waals surface area (Å²) in [5.74, 6) is 0. The number of hydrogen-bond acceptors (Lipinski definition) is 7. The Kier molecular flexibility index (Phi) is 4630000. The average Bonchev–Trinajstić information content (AvgIpc) is 0. The van der Waals surface area contributed by atoms with Crippen molar-refractivity contribution in [2.75, 3.05) is 0 Å². The summed E-state index contributed by atoms with van der Waals surface area (Å²) in [7, 11) is 0. The van der Waals surface area contributed by atoms with Crippen molar-refractivity contribution >= 4 is 0 Å². The van der Waals surface area contributed by atoms with Crippen molar-refractivity contribution in [3.05, 3.63) is 0 Å². The quantitative estimate of drug-likeness (QED) is 0.406. The monoisotopic (exact) mass is 174 g/mol. The van der Waals surface area contributed by atoms with E-state index in [0.29, 0.717) is 0 Å². The molecular weight excluding hydrogens is 167 g/mol. The minimum Gasteiger partial charge on any atom is -0.870 e. The molecule has 0 aliphatic rings. The largest absolute Gasteiger partial charge is 0.870 e. The van der Waals surface area contributed by atoms with Crippen molar-refractivity contribution in [1.82, 2.24) is 0 Å². The summed E-state index contributed by atoms with van der Waals surface area (Å²) in [6.07, 6.45) is 0. The normalized spacial score (nSPS) is 0. The van der Waals surface area contributed by atoms with Gasteiger partial charge in [-0.25, -0.2) is 0 Å². The van der Waals surface area contributed by atoms with Crippen LogP contribution in [0.3, 0.4) is 0 Å². The van der Waals surface area contributed by atoms with Gasteiger partial charge in [-0.05, 0) is 0 Å². The van der Waals surface area contributed by atoms with E-state index in [1.165, 1.54) is 0 Å². The third kappa shape index (κ3) is 2990. The minimum atomic E-state index is 0. The van der Waals surface area contributed by atoms with Crippen LogP contribution in [0.4, 0.5) is 0 Å². The zero-order valence-corrected chi connectivity index (χ0v) is 4.69. The maximum Gasteiger partial charge on any atom is 0 e. The molecule has 0 aromatic rings. The van der Waals surface area contributed by atoms with Crippen LogP contribution >= 0.6 is 0 Å². The Labute approximate surface area is 56.3 Å². The van der Waals surface area contributed by atoms with Crippen molar-refractivity contribution < 1.29 is 55.4 Å². The smallest absolute Gasteiger partial charge is 0 e. The van der Waals surface area contributed by atoms with E-state index in [-0.39, 0.29) is 55.4 Å². The summed E-state index contributed by atoms with van der Waals surface area (Å²) in [4.78, 5) is 0. The molecule has 7 nitrogen and oxygen atoms in total. The van der Waals surface area contributed by atoms with E-state index < -0.39 is 0 Å². The summed E-state index contributed by atoms with van der Waals surface area (Å²) in [6.45, 7) is 0. The second-order valence-electron chi connectivity index (χ2n) is 0. The van der Waals surface area contributed by atoms with Crippen LogP contribution in [-0.4, -0.2) is 38.3 Å². The van der Waals surface area contributed by atoms with Gasteiger partial charge in [0.05, 0.1) is 0 Å². The van der Waals surface area contributed by atoms with Gasteiger partial charge in [0.25, 0.3) is 0 Å². The van der Waals surface area contributed by atoms with Gasteiger partial charge in [0.15, 0.2) is 0 Å². The Morgan fingerprint density at radius 3 is 0.250 bits per heavy atom. The molecule has 1 radical (unpaired) electrons. The molecule has 0 unspecified atom stereocenters. The zero-order valence-electron chi connectivity index (χ0n) is 3.51. The fraction of sp³-hybridized carbons (Fsp3) is 0. The Morgan fingerprint density at radius 1 is 0.250 bits per heavy atom. The third-order valence-corrected chi connectivity index (χ3v) is 0. The molecule has 0 atom stereocenters. The van der Waals surface area contributed by atoms with Gasteiger partial charge in [-0.15, -0.1) is 0 Å². The van der Waals surface area contributed by atoms with Crippen LogP contribution < -0.4 is 0 Å². The summed E-state index contributed by atoms with van der Waals surface area (Å²) in [5.41, 5.74) is 0. The van der Waals surface area contributed by atoms with Crippen LogP contribution in [0.5, 0.6) is 0 Å². The molecule has 63 valence electrons. The molecule has 0 rings (SSSR count). The maximum absolute atomic E-state index is 0. The fourth-order valence-electron chi connectivity index (χ4n) is 0. The molecular formula is H7MnO7-7. The van der Waals surface area contributed by atoms with Gasteiger partial charge in [-0.3, -0.25) is 0 Å². The van der Waals surface area contributed by atoms with E-state index in [1.54, 1.807) is 0 Å². The maximum atomic E-state index is 0. The van der Waals surface area contributed by atoms with Crippen LogP contribution in [0.15, 0.2) is 0 Å². The molecule has 0 aromatic heterocycles. The van der Waals surface area contributed by atoms with Crippen LogP contribution in [-0.2, 0) is 17.1 Å². The van der Waals surface area contributed by atoms with E-state index in [9.17, 15) is 0 Å². The first kappa shape index (κ1) is 7530. The molecule has 0 amide bonds. The van der Waals surface area contributed by atoms with Gasteiger partial charge in [-0.2, -0.15) is 0 Å². The second kappa shape index (κ2) is 4910. The molecule has 0 aromatic carbocycles. The first-order valence-corrected chi connectivity index (χ1v) is 0. The zero-order chi connectivity index (χ0) is 0. The Morgan fingerprint density at radius 2 is 0.250 bits per heavy atom. The molecule has 0 saturated carbocycles. The first-order chi connectivity index (χ1) is 0. The Balaban J connectivity index is 0. The Bertz CT molecular complexity index is 4.35. The van der Waals surface area contributed by atoms with E-state index in [1.807, 2.05) is 0 Å².